The third kappa shape index (κ3) is 2.56. The molecule has 0 saturated carbocycles. The van der Waals surface area contributed by atoms with Gasteiger partial charge in [-0.05, 0) is 54.2 Å². The second kappa shape index (κ2) is 5.83. The Hall–Kier alpha value is -1.89. The van der Waals surface area contributed by atoms with E-state index in [9.17, 15) is 9.59 Å². The first-order valence-corrected chi connectivity index (χ1v) is 9.40. The van der Waals surface area contributed by atoms with Crippen LogP contribution in [0.15, 0.2) is 22.8 Å². The third-order valence-corrected chi connectivity index (χ3v) is 6.16. The van der Waals surface area contributed by atoms with Gasteiger partial charge in [-0.25, -0.2) is 4.98 Å². The van der Waals surface area contributed by atoms with Crippen molar-refractivity contribution in [2.24, 2.45) is 5.41 Å². The van der Waals surface area contributed by atoms with Crippen molar-refractivity contribution < 1.29 is 9.59 Å². The van der Waals surface area contributed by atoms with Crippen LogP contribution < -0.4 is 0 Å². The molecule has 2 aromatic heterocycles. The van der Waals surface area contributed by atoms with Crippen LogP contribution in [0.3, 0.4) is 0 Å². The van der Waals surface area contributed by atoms with E-state index in [0.29, 0.717) is 18.8 Å². The van der Waals surface area contributed by atoms with Crippen LogP contribution in [0.1, 0.15) is 35.4 Å². The molecule has 2 fully saturated rings. The molecular formula is C18H21BrN4O2. The molecule has 7 heteroatoms. The van der Waals surface area contributed by atoms with Gasteiger partial charge in [0.05, 0.1) is 11.1 Å². The van der Waals surface area contributed by atoms with Gasteiger partial charge in [0.15, 0.2) is 0 Å². The molecule has 2 aliphatic rings. The molecule has 6 nitrogen and oxygen atoms in total. The fourth-order valence-electron chi connectivity index (χ4n) is 4.14. The van der Waals surface area contributed by atoms with Crippen molar-refractivity contribution in [1.29, 1.82) is 0 Å². The van der Waals surface area contributed by atoms with Gasteiger partial charge >= 0.3 is 0 Å². The fraction of sp³-hybridized carbons (Fsp3) is 0.500. The molecule has 0 aliphatic carbocycles. The number of likely N-dealkylation sites (tertiary alicyclic amines) is 2. The van der Waals surface area contributed by atoms with Crippen molar-refractivity contribution in [2.75, 3.05) is 26.7 Å². The quantitative estimate of drug-likeness (QED) is 0.733. The van der Waals surface area contributed by atoms with E-state index in [0.717, 1.165) is 41.6 Å². The number of hydrogen-bond donors (Lipinski definition) is 0. The van der Waals surface area contributed by atoms with Crippen LogP contribution >= 0.6 is 15.9 Å². The van der Waals surface area contributed by atoms with Gasteiger partial charge in [0.1, 0.15) is 11.3 Å². The first kappa shape index (κ1) is 16.6. The molecule has 0 N–H and O–H groups in total. The first-order valence-electron chi connectivity index (χ1n) is 8.60. The number of pyridine rings is 1. The molecule has 2 saturated heterocycles. The highest BCUT2D eigenvalue weighted by molar-refractivity contribution is 9.10. The molecule has 2 aliphatic heterocycles. The van der Waals surface area contributed by atoms with E-state index in [-0.39, 0.29) is 17.2 Å². The number of carbonyl (C=O) groups excluding carboxylic acids is 2. The summed E-state index contributed by atoms with van der Waals surface area (Å²) in [6.45, 7) is 3.94. The smallest absolute Gasteiger partial charge is 0.272 e. The Bertz CT molecular complexity index is 867. The van der Waals surface area contributed by atoms with E-state index in [1.807, 2.05) is 46.5 Å². The number of carbonyl (C=O) groups is 2. The summed E-state index contributed by atoms with van der Waals surface area (Å²) in [5, 5.41) is 0. The Morgan fingerprint density at radius 2 is 1.88 bits per heavy atom. The first-order chi connectivity index (χ1) is 11.9. The summed E-state index contributed by atoms with van der Waals surface area (Å²) < 4.78 is 2.75. The number of nitrogens with zero attached hydrogens (tertiary/aromatic N) is 4. The van der Waals surface area contributed by atoms with Crippen molar-refractivity contribution in [2.45, 2.75) is 26.2 Å². The average molecular weight is 405 g/mol. The maximum Gasteiger partial charge on any atom is 0.272 e. The topological polar surface area (TPSA) is 57.9 Å². The van der Waals surface area contributed by atoms with E-state index in [1.54, 1.807) is 0 Å². The predicted molar refractivity (Wildman–Crippen MR) is 97.5 cm³/mol. The van der Waals surface area contributed by atoms with Crippen LogP contribution in [0.5, 0.6) is 0 Å². The third-order valence-electron chi connectivity index (χ3n) is 5.69. The number of aryl methyl sites for hydroxylation is 1. The second-order valence-corrected chi connectivity index (χ2v) is 8.09. The van der Waals surface area contributed by atoms with Crippen molar-refractivity contribution in [3.8, 4) is 0 Å². The Balaban J connectivity index is 1.58. The lowest BCUT2D eigenvalue weighted by Crippen LogP contribution is -2.46. The maximum atomic E-state index is 13.1. The van der Waals surface area contributed by atoms with Gasteiger partial charge in [0.25, 0.3) is 5.91 Å². The zero-order valence-electron chi connectivity index (χ0n) is 14.5. The Labute approximate surface area is 154 Å². The van der Waals surface area contributed by atoms with Crippen LogP contribution in [0, 0.1) is 12.3 Å². The minimum atomic E-state index is -0.247. The Kier molecular flexibility index (Phi) is 3.86. The van der Waals surface area contributed by atoms with Gasteiger partial charge in [-0.2, -0.15) is 0 Å². The molecule has 1 spiro atoms. The average Bonchev–Trinajstić information content (AvgIpc) is 3.06. The molecule has 4 rings (SSSR count). The van der Waals surface area contributed by atoms with E-state index < -0.39 is 0 Å². The largest absolute Gasteiger partial charge is 0.345 e. The number of halogens is 1. The Morgan fingerprint density at radius 1 is 1.20 bits per heavy atom. The van der Waals surface area contributed by atoms with Gasteiger partial charge in [-0.15, -0.1) is 0 Å². The molecule has 132 valence electrons. The number of amides is 2. The number of aromatic nitrogens is 2. The monoisotopic (exact) mass is 404 g/mol. The Morgan fingerprint density at radius 3 is 2.52 bits per heavy atom. The molecule has 0 radical (unpaired) electrons. The molecule has 4 heterocycles. The highest BCUT2D eigenvalue weighted by Crippen LogP contribution is 2.41. The highest BCUT2D eigenvalue weighted by Gasteiger charge is 2.47. The zero-order chi connectivity index (χ0) is 17.8. The van der Waals surface area contributed by atoms with Gasteiger partial charge in [0, 0.05) is 37.4 Å². The summed E-state index contributed by atoms with van der Waals surface area (Å²) in [7, 11) is 1.87. The van der Waals surface area contributed by atoms with Crippen LogP contribution in [0.2, 0.25) is 0 Å². The minimum Gasteiger partial charge on any atom is -0.345 e. The predicted octanol–water partition coefficient (Wildman–Crippen LogP) is 2.49. The molecule has 0 bridgehead atoms. The van der Waals surface area contributed by atoms with Crippen LogP contribution in [-0.4, -0.2) is 57.7 Å². The number of hydrogen-bond acceptors (Lipinski definition) is 3. The number of imidazole rings is 1. The van der Waals surface area contributed by atoms with Gasteiger partial charge in [0.2, 0.25) is 5.91 Å². The molecule has 25 heavy (non-hydrogen) atoms. The van der Waals surface area contributed by atoms with Crippen molar-refractivity contribution in [3.63, 3.8) is 0 Å². The minimum absolute atomic E-state index is 0.00301. The van der Waals surface area contributed by atoms with Crippen LogP contribution in [0.4, 0.5) is 0 Å². The lowest BCUT2D eigenvalue weighted by Gasteiger charge is -2.37. The van der Waals surface area contributed by atoms with Crippen molar-refractivity contribution in [3.05, 3.63) is 34.2 Å². The molecule has 0 atom stereocenters. The summed E-state index contributed by atoms with van der Waals surface area (Å²) >= 11 is 3.46. The van der Waals surface area contributed by atoms with E-state index in [2.05, 4.69) is 20.9 Å². The summed E-state index contributed by atoms with van der Waals surface area (Å²) in [6.07, 6.45) is 4.29. The summed E-state index contributed by atoms with van der Waals surface area (Å²) in [6, 6.07) is 3.81. The van der Waals surface area contributed by atoms with Crippen LogP contribution in [-0.2, 0) is 4.79 Å². The molecule has 2 aromatic rings. The van der Waals surface area contributed by atoms with Crippen molar-refractivity contribution in [1.82, 2.24) is 19.2 Å². The maximum absolute atomic E-state index is 13.1. The summed E-state index contributed by atoms with van der Waals surface area (Å²) in [5.74, 6) is 0.242. The SMILES string of the molecule is Cc1nc2ccc(Br)cn2c1C(=O)N1CCC2(CCN(C)C2=O)CC1. The van der Waals surface area contributed by atoms with E-state index in [4.69, 9.17) is 0 Å². The number of piperidine rings is 1. The molecule has 0 unspecified atom stereocenters. The fourth-order valence-corrected chi connectivity index (χ4v) is 4.48. The number of fused-ring (bicyclic) bond motifs is 1. The lowest BCUT2D eigenvalue weighted by molar-refractivity contribution is -0.137. The highest BCUT2D eigenvalue weighted by atomic mass is 79.9. The van der Waals surface area contributed by atoms with E-state index in [1.165, 1.54) is 0 Å². The molecule has 0 aromatic carbocycles. The zero-order valence-corrected chi connectivity index (χ0v) is 16.0. The normalized spacial score (nSPS) is 20.0. The summed E-state index contributed by atoms with van der Waals surface area (Å²) in [5.41, 5.74) is 1.87. The standard InChI is InChI=1S/C18H21BrN4O2/c1-12-15(23-11-13(19)3-4-14(23)20-12)16(24)22-9-6-18(7-10-22)5-8-21(2)17(18)25/h3-4,11H,5-10H2,1-2H3. The lowest BCUT2D eigenvalue weighted by atomic mass is 9.77. The summed E-state index contributed by atoms with van der Waals surface area (Å²) in [4.78, 5) is 33.8. The van der Waals surface area contributed by atoms with Crippen LogP contribution in [0.25, 0.3) is 5.65 Å². The molecule has 2 amide bonds. The van der Waals surface area contributed by atoms with Gasteiger partial charge in [-0.1, -0.05) is 0 Å². The van der Waals surface area contributed by atoms with Gasteiger partial charge in [-0.3, -0.25) is 14.0 Å². The number of rotatable bonds is 1. The van der Waals surface area contributed by atoms with Gasteiger partial charge < -0.3 is 9.80 Å². The van der Waals surface area contributed by atoms with Crippen molar-refractivity contribution >= 4 is 33.4 Å². The van der Waals surface area contributed by atoms with E-state index >= 15 is 0 Å². The second-order valence-electron chi connectivity index (χ2n) is 7.17. The molecular weight excluding hydrogens is 384 g/mol.